The summed E-state index contributed by atoms with van der Waals surface area (Å²) in [4.78, 5) is 27.8. The minimum Gasteiger partial charge on any atom is -0.352 e. The number of carbonyl (C=O) groups excluding carboxylic acids is 2. The van der Waals surface area contributed by atoms with Crippen molar-refractivity contribution in [1.29, 1.82) is 0 Å². The van der Waals surface area contributed by atoms with Gasteiger partial charge in [-0.25, -0.2) is 0 Å². The van der Waals surface area contributed by atoms with Crippen LogP contribution in [0.3, 0.4) is 0 Å². The van der Waals surface area contributed by atoms with Gasteiger partial charge in [0.05, 0.1) is 5.75 Å². The molecule has 0 aromatic heterocycles. The Balaban J connectivity index is 1.68. The summed E-state index contributed by atoms with van der Waals surface area (Å²) in [6.45, 7) is 4.11. The van der Waals surface area contributed by atoms with Crippen LogP contribution in [0.2, 0.25) is 10.0 Å². The van der Waals surface area contributed by atoms with Crippen LogP contribution in [-0.2, 0) is 21.9 Å². The molecule has 1 fully saturated rings. The Labute approximate surface area is 205 Å². The van der Waals surface area contributed by atoms with E-state index in [0.717, 1.165) is 37.0 Å². The van der Waals surface area contributed by atoms with Crippen molar-refractivity contribution in [3.8, 4) is 0 Å². The van der Waals surface area contributed by atoms with Gasteiger partial charge in [-0.15, -0.1) is 11.8 Å². The maximum atomic E-state index is 13.2. The van der Waals surface area contributed by atoms with Crippen LogP contribution in [0.1, 0.15) is 49.3 Å². The number of benzene rings is 2. The Morgan fingerprint density at radius 2 is 1.81 bits per heavy atom. The fourth-order valence-corrected chi connectivity index (χ4v) is 5.17. The quantitative estimate of drug-likeness (QED) is 0.466. The number of rotatable bonds is 9. The van der Waals surface area contributed by atoms with Crippen LogP contribution in [0, 0.1) is 6.92 Å². The molecule has 2 aromatic carbocycles. The minimum atomic E-state index is -0.588. The average Bonchev–Trinajstić information content (AvgIpc) is 3.27. The Bertz CT molecular complexity index is 930. The molecule has 32 heavy (non-hydrogen) atoms. The van der Waals surface area contributed by atoms with Gasteiger partial charge in [0.1, 0.15) is 6.04 Å². The van der Waals surface area contributed by atoms with Crippen LogP contribution >= 0.6 is 35.0 Å². The summed E-state index contributed by atoms with van der Waals surface area (Å²) in [6.07, 6.45) is 4.28. The molecule has 0 saturated heterocycles. The lowest BCUT2D eigenvalue weighted by Crippen LogP contribution is -2.50. The first kappa shape index (κ1) is 24.9. The van der Waals surface area contributed by atoms with E-state index in [1.54, 1.807) is 35.7 Å². The summed E-state index contributed by atoms with van der Waals surface area (Å²) in [7, 11) is 0. The van der Waals surface area contributed by atoms with Crippen molar-refractivity contribution in [2.24, 2.45) is 0 Å². The SMILES string of the molecule is Cc1ccc(CSCC(=O)N(Cc2ccc(Cl)cc2Cl)[C@H](C)C(=O)NC2CCCC2)cc1. The first-order valence-electron chi connectivity index (χ1n) is 11.0. The molecule has 0 unspecified atom stereocenters. The maximum Gasteiger partial charge on any atom is 0.242 e. The fourth-order valence-electron chi connectivity index (χ4n) is 3.83. The van der Waals surface area contributed by atoms with Gasteiger partial charge in [0.2, 0.25) is 11.8 Å². The van der Waals surface area contributed by atoms with Crippen molar-refractivity contribution in [2.75, 3.05) is 5.75 Å². The second-order valence-electron chi connectivity index (χ2n) is 8.40. The second kappa shape index (κ2) is 12.0. The van der Waals surface area contributed by atoms with Crippen LogP contribution in [0.5, 0.6) is 0 Å². The van der Waals surface area contributed by atoms with Crippen molar-refractivity contribution in [2.45, 2.75) is 63.9 Å². The van der Waals surface area contributed by atoms with Crippen molar-refractivity contribution in [3.05, 3.63) is 69.2 Å². The number of halogens is 2. The zero-order chi connectivity index (χ0) is 23.1. The Morgan fingerprint density at radius 1 is 1.12 bits per heavy atom. The van der Waals surface area contributed by atoms with Gasteiger partial charge in [-0.3, -0.25) is 9.59 Å². The molecular weight excluding hydrogens is 463 g/mol. The predicted molar refractivity (Wildman–Crippen MR) is 134 cm³/mol. The van der Waals surface area contributed by atoms with Crippen LogP contribution in [0.4, 0.5) is 0 Å². The lowest BCUT2D eigenvalue weighted by molar-refractivity contribution is -0.138. The number of hydrogen-bond acceptors (Lipinski definition) is 3. The fraction of sp³-hybridized carbons (Fsp3) is 0.440. The lowest BCUT2D eigenvalue weighted by Gasteiger charge is -2.30. The van der Waals surface area contributed by atoms with E-state index in [-0.39, 0.29) is 24.4 Å². The molecule has 1 atom stereocenters. The third-order valence-electron chi connectivity index (χ3n) is 5.84. The highest BCUT2D eigenvalue weighted by atomic mass is 35.5. The topological polar surface area (TPSA) is 49.4 Å². The van der Waals surface area contributed by atoms with E-state index < -0.39 is 6.04 Å². The molecule has 2 amide bonds. The molecule has 3 rings (SSSR count). The van der Waals surface area contributed by atoms with E-state index in [4.69, 9.17) is 23.2 Å². The molecular formula is C25H30Cl2N2O2S. The standard InChI is InChI=1S/C25H30Cl2N2O2S/c1-17-7-9-19(10-8-17)15-32-16-24(30)29(14-20-11-12-21(26)13-23(20)27)18(2)25(31)28-22-5-3-4-6-22/h7-13,18,22H,3-6,14-16H2,1-2H3,(H,28,31)/t18-/m1/s1. The molecule has 7 heteroatoms. The molecule has 0 aliphatic heterocycles. The van der Waals surface area contributed by atoms with Crippen LogP contribution in [0.15, 0.2) is 42.5 Å². The van der Waals surface area contributed by atoms with E-state index in [0.29, 0.717) is 15.8 Å². The zero-order valence-electron chi connectivity index (χ0n) is 18.6. The molecule has 1 N–H and O–H groups in total. The molecule has 0 heterocycles. The predicted octanol–water partition coefficient (Wildman–Crippen LogP) is 6.01. The summed E-state index contributed by atoms with van der Waals surface area (Å²) in [5.41, 5.74) is 3.16. The van der Waals surface area contributed by atoms with Gasteiger partial charge in [-0.05, 0) is 49.9 Å². The lowest BCUT2D eigenvalue weighted by atomic mass is 10.1. The van der Waals surface area contributed by atoms with E-state index >= 15 is 0 Å². The monoisotopic (exact) mass is 492 g/mol. The number of nitrogens with one attached hydrogen (secondary N) is 1. The molecule has 172 valence electrons. The first-order valence-corrected chi connectivity index (χ1v) is 12.9. The summed E-state index contributed by atoms with van der Waals surface area (Å²) < 4.78 is 0. The van der Waals surface area contributed by atoms with Gasteiger partial charge >= 0.3 is 0 Å². The molecule has 1 saturated carbocycles. The van der Waals surface area contributed by atoms with Crippen molar-refractivity contribution < 1.29 is 9.59 Å². The summed E-state index contributed by atoms with van der Waals surface area (Å²) in [5, 5.41) is 4.15. The number of thioether (sulfide) groups is 1. The highest BCUT2D eigenvalue weighted by Gasteiger charge is 2.28. The van der Waals surface area contributed by atoms with E-state index in [1.165, 1.54) is 11.1 Å². The van der Waals surface area contributed by atoms with Gasteiger partial charge < -0.3 is 10.2 Å². The van der Waals surface area contributed by atoms with Gasteiger partial charge in [0.15, 0.2) is 0 Å². The second-order valence-corrected chi connectivity index (χ2v) is 10.2. The van der Waals surface area contributed by atoms with Crippen molar-refractivity contribution in [1.82, 2.24) is 10.2 Å². The number of aryl methyl sites for hydroxylation is 1. The van der Waals surface area contributed by atoms with Crippen molar-refractivity contribution >= 4 is 46.8 Å². The van der Waals surface area contributed by atoms with E-state index in [2.05, 4.69) is 36.5 Å². The molecule has 0 radical (unpaired) electrons. The van der Waals surface area contributed by atoms with Gasteiger partial charge in [-0.1, -0.05) is 71.9 Å². The molecule has 4 nitrogen and oxygen atoms in total. The Hall–Kier alpha value is -1.69. The Morgan fingerprint density at radius 3 is 2.47 bits per heavy atom. The highest BCUT2D eigenvalue weighted by Crippen LogP contribution is 2.24. The Kier molecular flexibility index (Phi) is 9.33. The van der Waals surface area contributed by atoms with Gasteiger partial charge in [0, 0.05) is 28.4 Å². The average molecular weight is 494 g/mol. The smallest absolute Gasteiger partial charge is 0.242 e. The summed E-state index contributed by atoms with van der Waals surface area (Å²) in [6, 6.07) is 13.1. The minimum absolute atomic E-state index is 0.0813. The molecule has 1 aliphatic rings. The number of carbonyl (C=O) groups is 2. The highest BCUT2D eigenvalue weighted by molar-refractivity contribution is 7.99. The first-order chi connectivity index (χ1) is 15.3. The molecule has 1 aliphatic carbocycles. The van der Waals surface area contributed by atoms with E-state index in [1.807, 2.05) is 6.07 Å². The normalized spacial score (nSPS) is 14.9. The third-order valence-corrected chi connectivity index (χ3v) is 7.42. The van der Waals surface area contributed by atoms with Gasteiger partial charge in [-0.2, -0.15) is 0 Å². The molecule has 2 aromatic rings. The number of hydrogen-bond donors (Lipinski definition) is 1. The van der Waals surface area contributed by atoms with Crippen molar-refractivity contribution in [3.63, 3.8) is 0 Å². The van der Waals surface area contributed by atoms with Gasteiger partial charge in [0.25, 0.3) is 0 Å². The molecule has 0 spiro atoms. The largest absolute Gasteiger partial charge is 0.352 e. The summed E-state index contributed by atoms with van der Waals surface area (Å²) in [5.74, 6) is 0.839. The van der Waals surface area contributed by atoms with Crippen LogP contribution in [-0.4, -0.2) is 34.6 Å². The van der Waals surface area contributed by atoms with E-state index in [9.17, 15) is 9.59 Å². The summed E-state index contributed by atoms with van der Waals surface area (Å²) >= 11 is 13.9. The van der Waals surface area contributed by atoms with Crippen LogP contribution < -0.4 is 5.32 Å². The third kappa shape index (κ3) is 7.16. The number of nitrogens with zero attached hydrogens (tertiary/aromatic N) is 1. The zero-order valence-corrected chi connectivity index (χ0v) is 20.9. The maximum absolute atomic E-state index is 13.2. The van der Waals surface area contributed by atoms with Crippen LogP contribution in [0.25, 0.3) is 0 Å². The number of amides is 2. The molecule has 0 bridgehead atoms.